The second-order valence-electron chi connectivity index (χ2n) is 5.06. The van der Waals surface area contributed by atoms with E-state index in [1.54, 1.807) is 7.05 Å². The predicted molar refractivity (Wildman–Crippen MR) is 92.0 cm³/mol. The number of carbonyl (C=O) groups excluding carboxylic acids is 3. The summed E-state index contributed by atoms with van der Waals surface area (Å²) in [5.41, 5.74) is 0. The third-order valence-electron chi connectivity index (χ3n) is 3.10. The van der Waals surface area contributed by atoms with Gasteiger partial charge in [0.25, 0.3) is 0 Å². The number of carbonyl (C=O) groups is 3. The number of imide groups is 1. The standard InChI is InChI=1S/C15H28N2O4.C2H6/c1-4-10-21-13(2)11-15(20)17(12-18)9-7-5-6-8-14(19)16-3;1-2/h12-13H,4-11H2,1-3H3,(H,16,19);1-2H3. The van der Waals surface area contributed by atoms with E-state index in [-0.39, 0.29) is 24.3 Å². The summed E-state index contributed by atoms with van der Waals surface area (Å²) < 4.78 is 5.43. The Hall–Kier alpha value is -1.43. The van der Waals surface area contributed by atoms with Gasteiger partial charge < -0.3 is 10.1 Å². The average Bonchev–Trinajstić information content (AvgIpc) is 2.57. The molecule has 0 heterocycles. The molecule has 0 spiro atoms. The van der Waals surface area contributed by atoms with Crippen molar-refractivity contribution in [3.05, 3.63) is 0 Å². The fraction of sp³-hybridized carbons (Fsp3) is 0.824. The highest BCUT2D eigenvalue weighted by atomic mass is 16.5. The number of nitrogens with one attached hydrogen (secondary N) is 1. The molecule has 0 radical (unpaired) electrons. The Kier molecular flexibility index (Phi) is 17.5. The zero-order valence-electron chi connectivity index (χ0n) is 15.4. The molecule has 0 aromatic rings. The van der Waals surface area contributed by atoms with Gasteiger partial charge in [-0.25, -0.2) is 0 Å². The van der Waals surface area contributed by atoms with Crippen molar-refractivity contribution >= 4 is 18.2 Å². The van der Waals surface area contributed by atoms with Crippen LogP contribution in [0.25, 0.3) is 0 Å². The first-order valence-corrected chi connectivity index (χ1v) is 8.62. The lowest BCUT2D eigenvalue weighted by molar-refractivity contribution is -0.140. The van der Waals surface area contributed by atoms with E-state index in [1.165, 1.54) is 4.90 Å². The minimum Gasteiger partial charge on any atom is -0.378 e. The van der Waals surface area contributed by atoms with E-state index in [2.05, 4.69) is 5.32 Å². The van der Waals surface area contributed by atoms with E-state index in [9.17, 15) is 14.4 Å². The lowest BCUT2D eigenvalue weighted by Gasteiger charge is -2.18. The van der Waals surface area contributed by atoms with Gasteiger partial charge in [0, 0.05) is 26.6 Å². The SMILES string of the molecule is CC.CCCOC(C)CC(=O)N(C=O)CCCCCC(=O)NC. The van der Waals surface area contributed by atoms with Crippen molar-refractivity contribution in [3.8, 4) is 0 Å². The summed E-state index contributed by atoms with van der Waals surface area (Å²) in [7, 11) is 1.61. The lowest BCUT2D eigenvalue weighted by atomic mass is 10.1. The van der Waals surface area contributed by atoms with E-state index in [0.29, 0.717) is 32.4 Å². The van der Waals surface area contributed by atoms with Crippen LogP contribution in [-0.4, -0.2) is 49.4 Å². The van der Waals surface area contributed by atoms with Gasteiger partial charge in [0.1, 0.15) is 0 Å². The van der Waals surface area contributed by atoms with Crippen LogP contribution in [0.5, 0.6) is 0 Å². The number of hydrogen-bond acceptors (Lipinski definition) is 4. The summed E-state index contributed by atoms with van der Waals surface area (Å²) in [4.78, 5) is 35.1. The molecule has 0 aromatic carbocycles. The van der Waals surface area contributed by atoms with E-state index in [1.807, 2.05) is 27.7 Å². The highest BCUT2D eigenvalue weighted by Crippen LogP contribution is 2.05. The maximum Gasteiger partial charge on any atom is 0.231 e. The third-order valence-corrected chi connectivity index (χ3v) is 3.10. The number of unbranched alkanes of at least 4 members (excludes halogenated alkanes) is 2. The van der Waals surface area contributed by atoms with Gasteiger partial charge in [0.05, 0.1) is 12.5 Å². The first-order valence-electron chi connectivity index (χ1n) is 8.62. The molecule has 0 fully saturated rings. The van der Waals surface area contributed by atoms with Crippen LogP contribution in [0.15, 0.2) is 0 Å². The first kappa shape index (κ1) is 23.8. The molecule has 23 heavy (non-hydrogen) atoms. The lowest BCUT2D eigenvalue weighted by Crippen LogP contribution is -2.33. The number of ether oxygens (including phenoxy) is 1. The van der Waals surface area contributed by atoms with Gasteiger partial charge in [0.15, 0.2) is 0 Å². The molecule has 3 amide bonds. The van der Waals surface area contributed by atoms with Gasteiger partial charge in [-0.3, -0.25) is 19.3 Å². The highest BCUT2D eigenvalue weighted by Gasteiger charge is 2.16. The summed E-state index contributed by atoms with van der Waals surface area (Å²) in [6.45, 7) is 8.86. The monoisotopic (exact) mass is 330 g/mol. The topological polar surface area (TPSA) is 75.7 Å². The smallest absolute Gasteiger partial charge is 0.231 e. The molecule has 136 valence electrons. The first-order chi connectivity index (χ1) is 11.0. The molecule has 1 unspecified atom stereocenters. The molecule has 0 aliphatic heterocycles. The average molecular weight is 330 g/mol. The molecule has 6 nitrogen and oxygen atoms in total. The molecule has 0 aliphatic carbocycles. The van der Waals surface area contributed by atoms with Gasteiger partial charge in [-0.05, 0) is 26.2 Å². The Bertz CT molecular complexity index is 322. The van der Waals surface area contributed by atoms with Crippen LogP contribution in [0.1, 0.15) is 66.2 Å². The summed E-state index contributed by atoms with van der Waals surface area (Å²) in [5.74, 6) is -0.194. The third kappa shape index (κ3) is 13.9. The largest absolute Gasteiger partial charge is 0.378 e. The molecule has 6 heteroatoms. The van der Waals surface area contributed by atoms with E-state index >= 15 is 0 Å². The van der Waals surface area contributed by atoms with Crippen molar-refractivity contribution in [2.45, 2.75) is 72.3 Å². The molecular weight excluding hydrogens is 296 g/mol. The highest BCUT2D eigenvalue weighted by molar-refractivity contribution is 5.86. The summed E-state index contributed by atoms with van der Waals surface area (Å²) in [5, 5.41) is 2.56. The maximum atomic E-state index is 11.9. The molecule has 1 N–H and O–H groups in total. The van der Waals surface area contributed by atoms with Crippen molar-refractivity contribution in [1.82, 2.24) is 10.2 Å². The van der Waals surface area contributed by atoms with Crippen molar-refractivity contribution in [2.75, 3.05) is 20.2 Å². The minimum absolute atomic E-state index is 0.0141. The zero-order chi connectivity index (χ0) is 18.1. The van der Waals surface area contributed by atoms with E-state index < -0.39 is 0 Å². The second-order valence-corrected chi connectivity index (χ2v) is 5.06. The minimum atomic E-state index is -0.208. The molecule has 0 aromatic heterocycles. The zero-order valence-corrected chi connectivity index (χ0v) is 15.4. The molecule has 0 bridgehead atoms. The maximum absolute atomic E-state index is 11.9. The number of hydrogen-bond donors (Lipinski definition) is 1. The Balaban J connectivity index is 0. The van der Waals surface area contributed by atoms with Gasteiger partial charge >= 0.3 is 0 Å². The van der Waals surface area contributed by atoms with Gasteiger partial charge in [-0.15, -0.1) is 0 Å². The van der Waals surface area contributed by atoms with Crippen LogP contribution in [0, 0.1) is 0 Å². The van der Waals surface area contributed by atoms with Crippen molar-refractivity contribution in [2.24, 2.45) is 0 Å². The van der Waals surface area contributed by atoms with Crippen molar-refractivity contribution in [1.29, 1.82) is 0 Å². The van der Waals surface area contributed by atoms with Crippen molar-refractivity contribution < 1.29 is 19.1 Å². The number of rotatable bonds is 12. The summed E-state index contributed by atoms with van der Waals surface area (Å²) in [6.07, 6.45) is 4.29. The molecule has 0 saturated heterocycles. The van der Waals surface area contributed by atoms with Crippen LogP contribution >= 0.6 is 0 Å². The fourth-order valence-corrected chi connectivity index (χ4v) is 1.85. The number of nitrogens with zero attached hydrogens (tertiary/aromatic N) is 1. The molecule has 0 aliphatic rings. The fourth-order valence-electron chi connectivity index (χ4n) is 1.85. The van der Waals surface area contributed by atoms with Gasteiger partial charge in [0.2, 0.25) is 18.2 Å². The summed E-state index contributed by atoms with van der Waals surface area (Å²) in [6, 6.07) is 0. The number of amides is 3. The Morgan fingerprint density at radius 1 is 1.22 bits per heavy atom. The van der Waals surface area contributed by atoms with E-state index in [4.69, 9.17) is 4.74 Å². The second kappa shape index (κ2) is 16.9. The van der Waals surface area contributed by atoms with Crippen LogP contribution < -0.4 is 5.32 Å². The van der Waals surface area contributed by atoms with Crippen LogP contribution in [0.3, 0.4) is 0 Å². The molecule has 0 rings (SSSR count). The normalized spacial score (nSPS) is 11.0. The van der Waals surface area contributed by atoms with E-state index in [0.717, 1.165) is 19.3 Å². The Morgan fingerprint density at radius 3 is 2.39 bits per heavy atom. The molecule has 0 saturated carbocycles. The van der Waals surface area contributed by atoms with Crippen LogP contribution in [0.2, 0.25) is 0 Å². The van der Waals surface area contributed by atoms with Crippen LogP contribution in [-0.2, 0) is 19.1 Å². The Labute approximate surface area is 140 Å². The predicted octanol–water partition coefficient (Wildman–Crippen LogP) is 2.51. The quantitative estimate of drug-likeness (QED) is 0.441. The van der Waals surface area contributed by atoms with Crippen LogP contribution in [0.4, 0.5) is 0 Å². The summed E-state index contributed by atoms with van der Waals surface area (Å²) >= 11 is 0. The molecular formula is C17H34N2O4. The van der Waals surface area contributed by atoms with Crippen molar-refractivity contribution in [3.63, 3.8) is 0 Å². The Morgan fingerprint density at radius 2 is 1.87 bits per heavy atom. The molecule has 1 atom stereocenters. The van der Waals surface area contributed by atoms with Gasteiger partial charge in [-0.2, -0.15) is 0 Å². The van der Waals surface area contributed by atoms with Gasteiger partial charge in [-0.1, -0.05) is 27.2 Å².